The van der Waals surface area contributed by atoms with Crippen LogP contribution in [0, 0.1) is 17.7 Å². The molecule has 32 heavy (non-hydrogen) atoms. The molecule has 2 aromatic carbocycles. The van der Waals surface area contributed by atoms with E-state index in [4.69, 9.17) is 0 Å². The van der Waals surface area contributed by atoms with E-state index in [2.05, 4.69) is 29.3 Å². The van der Waals surface area contributed by atoms with Gasteiger partial charge in [0, 0.05) is 30.9 Å². The van der Waals surface area contributed by atoms with Gasteiger partial charge in [-0.25, -0.2) is 4.39 Å². The minimum Gasteiger partial charge on any atom is -0.338 e. The molecule has 0 aromatic heterocycles. The topological polar surface area (TPSA) is 52.7 Å². The summed E-state index contributed by atoms with van der Waals surface area (Å²) in [7, 11) is 0. The quantitative estimate of drug-likeness (QED) is 0.747. The summed E-state index contributed by atoms with van der Waals surface area (Å²) in [5.41, 5.74) is 2.49. The molecule has 4 rings (SSSR count). The van der Waals surface area contributed by atoms with Crippen molar-refractivity contribution in [1.82, 2.24) is 9.80 Å². The Morgan fingerprint density at radius 2 is 1.66 bits per heavy atom. The second kappa shape index (κ2) is 10.3. The van der Waals surface area contributed by atoms with E-state index in [1.165, 1.54) is 42.7 Å². The number of hydrogen-bond donors (Lipinski definition) is 1. The lowest BCUT2D eigenvalue weighted by molar-refractivity contribution is -0.121. The SMILES string of the molecule is CC1CCN(Cc2ccc(NC(=O)C3CCCN(C(=O)c4ccc(F)cc4)C3)cc2)CC1. The Bertz CT molecular complexity index is 921. The molecule has 1 unspecified atom stereocenters. The normalized spacial score (nSPS) is 20.2. The number of benzene rings is 2. The summed E-state index contributed by atoms with van der Waals surface area (Å²) in [6.45, 7) is 6.56. The largest absolute Gasteiger partial charge is 0.338 e. The minimum absolute atomic E-state index is 0.0561. The Labute approximate surface area is 189 Å². The number of halogens is 1. The number of nitrogens with one attached hydrogen (secondary N) is 1. The highest BCUT2D eigenvalue weighted by atomic mass is 19.1. The van der Waals surface area contributed by atoms with Crippen LogP contribution in [0.15, 0.2) is 48.5 Å². The summed E-state index contributed by atoms with van der Waals surface area (Å²) < 4.78 is 13.1. The van der Waals surface area contributed by atoms with E-state index in [1.54, 1.807) is 4.90 Å². The number of amides is 2. The van der Waals surface area contributed by atoms with E-state index in [0.29, 0.717) is 18.7 Å². The lowest BCUT2D eigenvalue weighted by Gasteiger charge is -2.32. The summed E-state index contributed by atoms with van der Waals surface area (Å²) in [5.74, 6) is 0.000950. The van der Waals surface area contributed by atoms with E-state index < -0.39 is 0 Å². The van der Waals surface area contributed by atoms with Crippen LogP contribution in [0.1, 0.15) is 48.5 Å². The van der Waals surface area contributed by atoms with E-state index >= 15 is 0 Å². The van der Waals surface area contributed by atoms with E-state index in [0.717, 1.165) is 44.1 Å². The molecule has 0 aliphatic carbocycles. The third-order valence-corrected chi connectivity index (χ3v) is 6.67. The van der Waals surface area contributed by atoms with Crippen LogP contribution >= 0.6 is 0 Å². The molecule has 0 radical (unpaired) electrons. The van der Waals surface area contributed by atoms with Crippen molar-refractivity contribution >= 4 is 17.5 Å². The van der Waals surface area contributed by atoms with Gasteiger partial charge < -0.3 is 10.2 Å². The van der Waals surface area contributed by atoms with Crippen molar-refractivity contribution in [3.8, 4) is 0 Å². The molecule has 0 bridgehead atoms. The maximum atomic E-state index is 13.1. The lowest BCUT2D eigenvalue weighted by Crippen LogP contribution is -2.43. The molecule has 2 heterocycles. The summed E-state index contributed by atoms with van der Waals surface area (Å²) in [6.07, 6.45) is 4.05. The van der Waals surface area contributed by atoms with Gasteiger partial charge in [-0.05, 0) is 86.7 Å². The Balaban J connectivity index is 1.30. The van der Waals surface area contributed by atoms with E-state index in [9.17, 15) is 14.0 Å². The third-order valence-electron chi connectivity index (χ3n) is 6.67. The highest BCUT2D eigenvalue weighted by molar-refractivity contribution is 5.96. The summed E-state index contributed by atoms with van der Waals surface area (Å²) >= 11 is 0. The summed E-state index contributed by atoms with van der Waals surface area (Å²) in [6, 6.07) is 13.7. The molecule has 2 aliphatic heterocycles. The van der Waals surface area contributed by atoms with E-state index in [-0.39, 0.29) is 23.5 Å². The van der Waals surface area contributed by atoms with Crippen LogP contribution in [0.25, 0.3) is 0 Å². The molecule has 2 aromatic rings. The van der Waals surface area contributed by atoms with Gasteiger partial charge in [-0.15, -0.1) is 0 Å². The highest BCUT2D eigenvalue weighted by Crippen LogP contribution is 2.22. The van der Waals surface area contributed by atoms with Crippen LogP contribution in [-0.4, -0.2) is 47.8 Å². The van der Waals surface area contributed by atoms with Crippen LogP contribution in [0.2, 0.25) is 0 Å². The zero-order valence-electron chi connectivity index (χ0n) is 18.7. The first kappa shape index (κ1) is 22.5. The predicted octanol–water partition coefficient (Wildman–Crippen LogP) is 4.55. The van der Waals surface area contributed by atoms with Crippen LogP contribution in [0.4, 0.5) is 10.1 Å². The molecule has 1 N–H and O–H groups in total. The van der Waals surface area contributed by atoms with Crippen molar-refractivity contribution < 1.29 is 14.0 Å². The molecular weight excluding hydrogens is 405 g/mol. The van der Waals surface area contributed by atoms with Gasteiger partial charge in [-0.2, -0.15) is 0 Å². The average Bonchev–Trinajstić information content (AvgIpc) is 2.82. The molecule has 0 spiro atoms. The van der Waals surface area contributed by atoms with Crippen molar-refractivity contribution in [1.29, 1.82) is 0 Å². The molecule has 170 valence electrons. The third kappa shape index (κ3) is 5.74. The Kier molecular flexibility index (Phi) is 7.20. The number of hydrogen-bond acceptors (Lipinski definition) is 3. The molecule has 1 atom stereocenters. The first-order chi connectivity index (χ1) is 15.5. The highest BCUT2D eigenvalue weighted by Gasteiger charge is 2.29. The van der Waals surface area contributed by atoms with Crippen molar-refractivity contribution in [3.63, 3.8) is 0 Å². The number of likely N-dealkylation sites (tertiary alicyclic amines) is 2. The first-order valence-electron chi connectivity index (χ1n) is 11.6. The number of anilines is 1. The lowest BCUT2D eigenvalue weighted by atomic mass is 9.96. The minimum atomic E-state index is -0.367. The van der Waals surface area contributed by atoms with Gasteiger partial charge in [0.05, 0.1) is 5.92 Å². The number of carbonyl (C=O) groups is 2. The smallest absolute Gasteiger partial charge is 0.253 e. The number of piperidine rings is 2. The van der Waals surface area contributed by atoms with Crippen molar-refractivity contribution in [2.24, 2.45) is 11.8 Å². The zero-order valence-corrected chi connectivity index (χ0v) is 18.7. The monoisotopic (exact) mass is 437 g/mol. The second-order valence-electron chi connectivity index (χ2n) is 9.24. The molecule has 0 saturated carbocycles. The number of rotatable bonds is 5. The van der Waals surface area contributed by atoms with Crippen LogP contribution < -0.4 is 5.32 Å². The second-order valence-corrected chi connectivity index (χ2v) is 9.24. The van der Waals surface area contributed by atoms with E-state index in [1.807, 2.05) is 12.1 Å². The summed E-state index contributed by atoms with van der Waals surface area (Å²) in [5, 5.41) is 3.01. The fraction of sp³-hybridized carbons (Fsp3) is 0.462. The maximum Gasteiger partial charge on any atom is 0.253 e. The molecule has 2 aliphatic rings. The van der Waals surface area contributed by atoms with Crippen molar-refractivity contribution in [3.05, 3.63) is 65.5 Å². The van der Waals surface area contributed by atoms with Gasteiger partial charge in [0.2, 0.25) is 5.91 Å². The Morgan fingerprint density at radius 1 is 0.969 bits per heavy atom. The molecule has 2 amide bonds. The van der Waals surface area contributed by atoms with Gasteiger partial charge in [0.25, 0.3) is 5.91 Å². The molecule has 2 fully saturated rings. The van der Waals surface area contributed by atoms with Crippen molar-refractivity contribution in [2.45, 2.75) is 39.2 Å². The average molecular weight is 438 g/mol. The van der Waals surface area contributed by atoms with Gasteiger partial charge >= 0.3 is 0 Å². The fourth-order valence-corrected chi connectivity index (χ4v) is 4.57. The molecular formula is C26H32FN3O2. The van der Waals surface area contributed by atoms with Gasteiger partial charge in [-0.1, -0.05) is 19.1 Å². The zero-order chi connectivity index (χ0) is 22.5. The van der Waals surface area contributed by atoms with Crippen LogP contribution in [0.3, 0.4) is 0 Å². The van der Waals surface area contributed by atoms with Gasteiger partial charge in [0.15, 0.2) is 0 Å². The molecule has 6 heteroatoms. The first-order valence-corrected chi connectivity index (χ1v) is 11.6. The number of nitrogens with zero attached hydrogens (tertiary/aromatic N) is 2. The standard InChI is InChI=1S/C26H32FN3O2/c1-19-12-15-29(16-13-19)17-20-4-10-24(11-5-20)28-25(31)22-3-2-14-30(18-22)26(32)21-6-8-23(27)9-7-21/h4-11,19,22H,2-3,12-18H2,1H3,(H,28,31). The predicted molar refractivity (Wildman–Crippen MR) is 124 cm³/mol. The Morgan fingerprint density at radius 3 is 2.34 bits per heavy atom. The Hall–Kier alpha value is -2.73. The van der Waals surface area contributed by atoms with Gasteiger partial charge in [-0.3, -0.25) is 14.5 Å². The van der Waals surface area contributed by atoms with Crippen molar-refractivity contribution in [2.75, 3.05) is 31.5 Å². The number of carbonyl (C=O) groups excluding carboxylic acids is 2. The van der Waals surface area contributed by atoms with Gasteiger partial charge in [0.1, 0.15) is 5.82 Å². The van der Waals surface area contributed by atoms with Crippen LogP contribution in [-0.2, 0) is 11.3 Å². The fourth-order valence-electron chi connectivity index (χ4n) is 4.57. The molecule has 2 saturated heterocycles. The molecule has 5 nitrogen and oxygen atoms in total. The summed E-state index contributed by atoms with van der Waals surface area (Å²) in [4.78, 5) is 29.8. The maximum absolute atomic E-state index is 13.1. The van der Waals surface area contributed by atoms with Crippen LogP contribution in [0.5, 0.6) is 0 Å².